The van der Waals surface area contributed by atoms with Gasteiger partial charge in [0.05, 0.1) is 13.2 Å². The first-order valence-electron chi connectivity index (χ1n) is 5.71. The Balaban J connectivity index is 2.22. The number of esters is 1. The number of hydrogen-bond donors (Lipinski definition) is 0. The molecule has 1 aromatic heterocycles. The van der Waals surface area contributed by atoms with E-state index in [1.807, 2.05) is 4.57 Å². The summed E-state index contributed by atoms with van der Waals surface area (Å²) < 4.78 is 19.7. The summed E-state index contributed by atoms with van der Waals surface area (Å²) in [5.41, 5.74) is 1.24. The van der Waals surface area contributed by atoms with Crippen LogP contribution in [0.3, 0.4) is 0 Å². The van der Waals surface area contributed by atoms with E-state index in [0.29, 0.717) is 18.7 Å². The van der Waals surface area contributed by atoms with Gasteiger partial charge >= 0.3 is 5.97 Å². The van der Waals surface area contributed by atoms with Gasteiger partial charge in [0, 0.05) is 22.7 Å². The van der Waals surface area contributed by atoms with Crippen LogP contribution in [-0.2, 0) is 16.1 Å². The number of rotatable bonds is 4. The van der Waals surface area contributed by atoms with Crippen molar-refractivity contribution in [1.29, 1.82) is 0 Å². The summed E-state index contributed by atoms with van der Waals surface area (Å²) in [6, 6.07) is 6.34. The molecule has 18 heavy (non-hydrogen) atoms. The average Bonchev–Trinajstić information content (AvgIpc) is 2.72. The topological polar surface area (TPSA) is 31.2 Å². The first-order valence-corrected chi connectivity index (χ1v) is 5.71. The van der Waals surface area contributed by atoms with E-state index >= 15 is 0 Å². The number of fused-ring (bicyclic) bond motifs is 1. The molecule has 0 unspecified atom stereocenters. The van der Waals surface area contributed by atoms with Crippen molar-refractivity contribution in [2.24, 2.45) is 0 Å². The Morgan fingerprint density at radius 2 is 2.22 bits per heavy atom. The zero-order chi connectivity index (χ0) is 13.1. The number of hydrogen-bond acceptors (Lipinski definition) is 2. The number of halogens is 1. The molecule has 0 spiro atoms. The monoisotopic (exact) mass is 247 g/mol. The van der Waals surface area contributed by atoms with Crippen molar-refractivity contribution in [2.45, 2.75) is 13.5 Å². The minimum absolute atomic E-state index is 0.274. The molecule has 0 amide bonds. The second kappa shape index (κ2) is 5.04. The van der Waals surface area contributed by atoms with Crippen LogP contribution in [0.1, 0.15) is 6.92 Å². The van der Waals surface area contributed by atoms with Crippen molar-refractivity contribution >= 4 is 16.9 Å². The molecule has 0 bridgehead atoms. The molecule has 2 rings (SSSR count). The van der Waals surface area contributed by atoms with E-state index in [0.717, 1.165) is 10.9 Å². The molecule has 0 saturated heterocycles. The molecule has 0 aliphatic heterocycles. The van der Waals surface area contributed by atoms with Crippen LogP contribution in [-0.4, -0.2) is 17.1 Å². The molecule has 1 aromatic carbocycles. The number of nitrogens with zero attached hydrogens (tertiary/aromatic N) is 1. The van der Waals surface area contributed by atoms with E-state index in [9.17, 15) is 9.18 Å². The summed E-state index contributed by atoms with van der Waals surface area (Å²) >= 11 is 0. The Morgan fingerprint density at radius 3 is 2.94 bits per heavy atom. The highest BCUT2D eigenvalue weighted by molar-refractivity contribution is 5.88. The second-order valence-electron chi connectivity index (χ2n) is 3.97. The van der Waals surface area contributed by atoms with Gasteiger partial charge in [-0.05, 0) is 31.2 Å². The van der Waals surface area contributed by atoms with Gasteiger partial charge in [0.25, 0.3) is 0 Å². The van der Waals surface area contributed by atoms with Crippen molar-refractivity contribution < 1.29 is 13.9 Å². The maximum absolute atomic E-state index is 13.0. The third kappa shape index (κ3) is 2.42. The van der Waals surface area contributed by atoms with Crippen LogP contribution in [0.2, 0.25) is 0 Å². The van der Waals surface area contributed by atoms with Crippen LogP contribution in [0.5, 0.6) is 0 Å². The number of carbonyl (C=O) groups excluding carboxylic acids is 1. The predicted octanol–water partition coefficient (Wildman–Crippen LogP) is 2.90. The third-order valence-electron chi connectivity index (χ3n) is 2.66. The van der Waals surface area contributed by atoms with Crippen LogP contribution in [0.4, 0.5) is 4.39 Å². The van der Waals surface area contributed by atoms with E-state index in [4.69, 9.17) is 4.74 Å². The van der Waals surface area contributed by atoms with Crippen molar-refractivity contribution in [1.82, 2.24) is 4.57 Å². The minimum atomic E-state index is -0.401. The molecule has 0 aliphatic rings. The SMILES string of the molecule is C=C(Cn1ccc2cc(F)ccc21)C(=O)OCC. The number of ether oxygens (including phenoxy) is 1. The lowest BCUT2D eigenvalue weighted by Crippen LogP contribution is -2.11. The van der Waals surface area contributed by atoms with Gasteiger partial charge in [-0.15, -0.1) is 0 Å². The fraction of sp³-hybridized carbons (Fsp3) is 0.214. The van der Waals surface area contributed by atoms with Crippen molar-refractivity contribution in [2.75, 3.05) is 6.61 Å². The summed E-state index contributed by atoms with van der Waals surface area (Å²) in [6.45, 7) is 6.12. The van der Waals surface area contributed by atoms with Gasteiger partial charge in [0.15, 0.2) is 0 Å². The first-order chi connectivity index (χ1) is 8.61. The molecule has 0 atom stereocenters. The van der Waals surface area contributed by atoms with Crippen molar-refractivity contribution in [3.8, 4) is 0 Å². The maximum atomic E-state index is 13.0. The van der Waals surface area contributed by atoms with E-state index in [-0.39, 0.29) is 5.82 Å². The van der Waals surface area contributed by atoms with Gasteiger partial charge in [0.2, 0.25) is 0 Å². The number of aromatic nitrogens is 1. The van der Waals surface area contributed by atoms with Gasteiger partial charge in [-0.1, -0.05) is 6.58 Å². The molecule has 4 heteroatoms. The highest BCUT2D eigenvalue weighted by Gasteiger charge is 2.10. The summed E-state index contributed by atoms with van der Waals surface area (Å²) in [6.07, 6.45) is 1.80. The molecule has 0 radical (unpaired) electrons. The highest BCUT2D eigenvalue weighted by Crippen LogP contribution is 2.18. The van der Waals surface area contributed by atoms with Gasteiger partial charge in [-0.25, -0.2) is 9.18 Å². The van der Waals surface area contributed by atoms with Crippen LogP contribution >= 0.6 is 0 Å². The standard InChI is InChI=1S/C14H14FNO2/c1-3-18-14(17)10(2)9-16-7-6-11-8-12(15)4-5-13(11)16/h4-8H,2-3,9H2,1H3. The Hall–Kier alpha value is -2.10. The molecule has 0 aliphatic carbocycles. The Labute approximate surface area is 104 Å². The fourth-order valence-electron chi connectivity index (χ4n) is 1.81. The smallest absolute Gasteiger partial charge is 0.335 e. The molecule has 0 fully saturated rings. The van der Waals surface area contributed by atoms with Crippen molar-refractivity contribution in [3.63, 3.8) is 0 Å². The summed E-state index contributed by atoms with van der Waals surface area (Å²) in [4.78, 5) is 11.5. The average molecular weight is 247 g/mol. The summed E-state index contributed by atoms with van der Waals surface area (Å²) in [5.74, 6) is -0.675. The molecule has 94 valence electrons. The van der Waals surface area contributed by atoms with Crippen LogP contribution in [0, 0.1) is 5.82 Å². The van der Waals surface area contributed by atoms with Gasteiger partial charge < -0.3 is 9.30 Å². The van der Waals surface area contributed by atoms with Crippen LogP contribution in [0.25, 0.3) is 10.9 Å². The van der Waals surface area contributed by atoms with E-state index < -0.39 is 5.97 Å². The van der Waals surface area contributed by atoms with Gasteiger partial charge in [-0.3, -0.25) is 0 Å². The fourth-order valence-corrected chi connectivity index (χ4v) is 1.81. The van der Waals surface area contributed by atoms with Crippen LogP contribution < -0.4 is 0 Å². The molecule has 2 aromatic rings. The van der Waals surface area contributed by atoms with Gasteiger partial charge in [0.1, 0.15) is 5.82 Å². The summed E-state index contributed by atoms with van der Waals surface area (Å²) in [5, 5.41) is 0.798. The normalized spacial score (nSPS) is 10.6. The first kappa shape index (κ1) is 12.4. The molecule has 0 saturated carbocycles. The van der Waals surface area contributed by atoms with E-state index in [2.05, 4.69) is 6.58 Å². The zero-order valence-corrected chi connectivity index (χ0v) is 10.1. The lowest BCUT2D eigenvalue weighted by atomic mass is 10.2. The molecule has 0 N–H and O–H groups in total. The Kier molecular flexibility index (Phi) is 3.46. The minimum Gasteiger partial charge on any atom is -0.463 e. The van der Waals surface area contributed by atoms with Gasteiger partial charge in [-0.2, -0.15) is 0 Å². The van der Waals surface area contributed by atoms with E-state index in [1.165, 1.54) is 12.1 Å². The quantitative estimate of drug-likeness (QED) is 0.614. The number of benzene rings is 1. The Morgan fingerprint density at radius 1 is 1.44 bits per heavy atom. The molecular formula is C14H14FNO2. The maximum Gasteiger partial charge on any atom is 0.335 e. The highest BCUT2D eigenvalue weighted by atomic mass is 19.1. The van der Waals surface area contributed by atoms with Crippen LogP contribution in [0.15, 0.2) is 42.6 Å². The lowest BCUT2D eigenvalue weighted by molar-refractivity contribution is -0.138. The number of carbonyl (C=O) groups is 1. The third-order valence-corrected chi connectivity index (χ3v) is 2.66. The second-order valence-corrected chi connectivity index (χ2v) is 3.97. The molecule has 1 heterocycles. The zero-order valence-electron chi connectivity index (χ0n) is 10.1. The molecule has 3 nitrogen and oxygen atoms in total. The summed E-state index contributed by atoms with van der Waals surface area (Å²) in [7, 11) is 0. The predicted molar refractivity (Wildman–Crippen MR) is 67.7 cm³/mol. The largest absolute Gasteiger partial charge is 0.463 e. The molecular weight excluding hydrogens is 233 g/mol. The van der Waals surface area contributed by atoms with E-state index in [1.54, 1.807) is 25.3 Å². The lowest BCUT2D eigenvalue weighted by Gasteiger charge is -2.07. The Bertz CT molecular complexity index is 601. The van der Waals surface area contributed by atoms with Crippen molar-refractivity contribution in [3.05, 3.63) is 48.4 Å².